The number of hydrogen-bond acceptors (Lipinski definition) is 5. The zero-order valence-electron chi connectivity index (χ0n) is 13.1. The Balaban J connectivity index is 1.81. The molecule has 5 heteroatoms. The van der Waals surface area contributed by atoms with Crippen molar-refractivity contribution >= 4 is 5.82 Å². The molecule has 0 radical (unpaired) electrons. The number of para-hydroxylation sites is 1. The van der Waals surface area contributed by atoms with E-state index in [0.29, 0.717) is 6.04 Å². The van der Waals surface area contributed by atoms with Crippen LogP contribution in [-0.4, -0.2) is 35.6 Å². The van der Waals surface area contributed by atoms with Crippen LogP contribution in [0.4, 0.5) is 5.82 Å². The fourth-order valence-corrected chi connectivity index (χ4v) is 3.06. The molecule has 1 aromatic carbocycles. The van der Waals surface area contributed by atoms with Crippen molar-refractivity contribution in [2.45, 2.75) is 25.4 Å². The van der Waals surface area contributed by atoms with Gasteiger partial charge in [-0.15, -0.1) is 0 Å². The monoisotopic (exact) mass is 298 g/mol. The molecule has 1 fully saturated rings. The first-order valence-electron chi connectivity index (χ1n) is 7.67. The predicted octanol–water partition coefficient (Wildman–Crippen LogP) is 2.86. The predicted molar refractivity (Wildman–Crippen MR) is 87.0 cm³/mol. The number of nitrogens with zero attached hydrogens (tertiary/aromatic N) is 3. The van der Waals surface area contributed by atoms with Crippen LogP contribution < -0.4 is 10.1 Å². The highest BCUT2D eigenvalue weighted by atomic mass is 16.5. The molecule has 2 aromatic rings. The summed E-state index contributed by atoms with van der Waals surface area (Å²) < 4.78 is 5.47. The molecule has 2 heterocycles. The number of anilines is 1. The number of nitrogens with one attached hydrogen (secondary N) is 1. The number of hydrogen-bond donors (Lipinski definition) is 1. The number of benzene rings is 1. The molecule has 1 aliphatic rings. The van der Waals surface area contributed by atoms with Gasteiger partial charge in [0.25, 0.3) is 0 Å². The highest BCUT2D eigenvalue weighted by Gasteiger charge is 2.28. The molecular weight excluding hydrogens is 276 g/mol. The third kappa shape index (κ3) is 3.04. The molecule has 1 aromatic heterocycles. The van der Waals surface area contributed by atoms with E-state index in [2.05, 4.69) is 32.3 Å². The van der Waals surface area contributed by atoms with Gasteiger partial charge in [0.2, 0.25) is 0 Å². The van der Waals surface area contributed by atoms with Crippen molar-refractivity contribution < 1.29 is 4.74 Å². The Morgan fingerprint density at radius 3 is 3.00 bits per heavy atom. The van der Waals surface area contributed by atoms with Gasteiger partial charge in [0.05, 0.1) is 31.2 Å². The average Bonchev–Trinajstić information content (AvgIpc) is 3.03. The normalized spacial score (nSPS) is 18.4. The number of rotatable bonds is 5. The Bertz CT molecular complexity index is 632. The number of aromatic nitrogens is 2. The van der Waals surface area contributed by atoms with Gasteiger partial charge in [0, 0.05) is 19.2 Å². The first-order chi connectivity index (χ1) is 10.8. The molecule has 116 valence electrons. The van der Waals surface area contributed by atoms with E-state index in [-0.39, 0.29) is 0 Å². The van der Waals surface area contributed by atoms with Crippen molar-refractivity contribution in [2.24, 2.45) is 0 Å². The van der Waals surface area contributed by atoms with Crippen LogP contribution in [0.25, 0.3) is 0 Å². The number of ether oxygens (including phenoxy) is 1. The minimum Gasteiger partial charge on any atom is -0.496 e. The van der Waals surface area contributed by atoms with E-state index in [4.69, 9.17) is 4.74 Å². The fourth-order valence-electron chi connectivity index (χ4n) is 3.06. The molecule has 5 nitrogen and oxygen atoms in total. The molecular formula is C17H22N4O. The van der Waals surface area contributed by atoms with Crippen LogP contribution >= 0.6 is 0 Å². The maximum Gasteiger partial charge on any atom is 0.144 e. The van der Waals surface area contributed by atoms with Gasteiger partial charge >= 0.3 is 0 Å². The van der Waals surface area contributed by atoms with Crippen LogP contribution in [-0.2, 0) is 6.54 Å². The smallest absolute Gasteiger partial charge is 0.144 e. The second kappa shape index (κ2) is 6.75. The van der Waals surface area contributed by atoms with Crippen molar-refractivity contribution in [3.05, 3.63) is 47.9 Å². The summed E-state index contributed by atoms with van der Waals surface area (Å²) in [5.74, 6) is 1.77. The van der Waals surface area contributed by atoms with Crippen LogP contribution in [0.1, 0.15) is 30.1 Å². The van der Waals surface area contributed by atoms with Crippen LogP contribution in [0.5, 0.6) is 5.75 Å². The topological polar surface area (TPSA) is 50.3 Å². The van der Waals surface area contributed by atoms with Crippen molar-refractivity contribution in [1.29, 1.82) is 0 Å². The van der Waals surface area contributed by atoms with E-state index < -0.39 is 0 Å². The number of methoxy groups -OCH3 is 1. The van der Waals surface area contributed by atoms with Gasteiger partial charge in [0.1, 0.15) is 11.6 Å². The zero-order chi connectivity index (χ0) is 15.4. The molecule has 0 unspecified atom stereocenters. The Morgan fingerprint density at radius 2 is 2.18 bits per heavy atom. The molecule has 0 saturated carbocycles. The van der Waals surface area contributed by atoms with Crippen LogP contribution in [0, 0.1) is 0 Å². The summed E-state index contributed by atoms with van der Waals surface area (Å²) in [6.07, 6.45) is 5.94. The standard InChI is InChI=1S/C17H22N4O/c1-18-17-11-19-10-14(20-17)15-7-5-9-21(15)12-13-6-3-4-8-16(13)22-2/h3-4,6,8,10-11,15H,5,7,9,12H2,1-2H3,(H,18,20)/t15-/m0/s1. The quantitative estimate of drug-likeness (QED) is 0.920. The minimum atomic E-state index is 0.325. The van der Waals surface area contributed by atoms with Gasteiger partial charge in [-0.25, -0.2) is 4.98 Å². The third-order valence-corrected chi connectivity index (χ3v) is 4.18. The van der Waals surface area contributed by atoms with Gasteiger partial charge in [-0.1, -0.05) is 18.2 Å². The fraction of sp³-hybridized carbons (Fsp3) is 0.412. The lowest BCUT2D eigenvalue weighted by atomic mass is 10.1. The number of likely N-dealkylation sites (tertiary alicyclic amines) is 1. The Morgan fingerprint density at radius 1 is 1.32 bits per heavy atom. The van der Waals surface area contributed by atoms with Gasteiger partial charge in [0.15, 0.2) is 0 Å². The maximum absolute atomic E-state index is 5.47. The highest BCUT2D eigenvalue weighted by molar-refractivity contribution is 5.34. The van der Waals surface area contributed by atoms with E-state index in [0.717, 1.165) is 36.8 Å². The van der Waals surface area contributed by atoms with E-state index >= 15 is 0 Å². The van der Waals surface area contributed by atoms with Crippen molar-refractivity contribution in [3.63, 3.8) is 0 Å². The van der Waals surface area contributed by atoms with Gasteiger partial charge in [-0.05, 0) is 25.5 Å². The van der Waals surface area contributed by atoms with Crippen molar-refractivity contribution in [1.82, 2.24) is 14.9 Å². The maximum atomic E-state index is 5.47. The van der Waals surface area contributed by atoms with Crippen molar-refractivity contribution in [2.75, 3.05) is 26.0 Å². The second-order valence-corrected chi connectivity index (χ2v) is 5.52. The summed E-state index contributed by atoms with van der Waals surface area (Å²) in [6, 6.07) is 8.53. The van der Waals surface area contributed by atoms with Crippen LogP contribution in [0.3, 0.4) is 0 Å². The largest absolute Gasteiger partial charge is 0.496 e. The first-order valence-corrected chi connectivity index (χ1v) is 7.67. The molecule has 0 amide bonds. The summed E-state index contributed by atoms with van der Waals surface area (Å²) in [7, 11) is 3.59. The van der Waals surface area contributed by atoms with Gasteiger partial charge in [-0.3, -0.25) is 9.88 Å². The highest BCUT2D eigenvalue weighted by Crippen LogP contribution is 2.33. The Kier molecular flexibility index (Phi) is 4.53. The summed E-state index contributed by atoms with van der Waals surface area (Å²) in [5, 5.41) is 3.06. The Hall–Kier alpha value is -2.14. The lowest BCUT2D eigenvalue weighted by Crippen LogP contribution is -2.24. The molecule has 22 heavy (non-hydrogen) atoms. The van der Waals surface area contributed by atoms with Crippen molar-refractivity contribution in [3.8, 4) is 5.75 Å². The molecule has 0 aliphatic carbocycles. The summed E-state index contributed by atoms with van der Waals surface area (Å²) in [4.78, 5) is 11.4. The minimum absolute atomic E-state index is 0.325. The van der Waals surface area contributed by atoms with E-state index in [1.165, 1.54) is 12.0 Å². The van der Waals surface area contributed by atoms with Crippen LogP contribution in [0.2, 0.25) is 0 Å². The van der Waals surface area contributed by atoms with E-state index in [1.54, 1.807) is 13.3 Å². The lowest BCUT2D eigenvalue weighted by molar-refractivity contribution is 0.240. The van der Waals surface area contributed by atoms with E-state index in [9.17, 15) is 0 Å². The summed E-state index contributed by atoms with van der Waals surface area (Å²) in [6.45, 7) is 1.95. The molecule has 1 atom stereocenters. The van der Waals surface area contributed by atoms with Gasteiger partial charge in [-0.2, -0.15) is 0 Å². The zero-order valence-corrected chi connectivity index (χ0v) is 13.1. The average molecular weight is 298 g/mol. The molecule has 1 aliphatic heterocycles. The summed E-state index contributed by atoms with van der Waals surface area (Å²) >= 11 is 0. The SMILES string of the molecule is CNc1cncc([C@@H]2CCCN2Cc2ccccc2OC)n1. The summed E-state index contributed by atoms with van der Waals surface area (Å²) in [5.41, 5.74) is 2.26. The lowest BCUT2D eigenvalue weighted by Gasteiger charge is -2.24. The van der Waals surface area contributed by atoms with E-state index in [1.807, 2.05) is 25.4 Å². The molecule has 0 bridgehead atoms. The first kappa shape index (κ1) is 14.8. The van der Waals surface area contributed by atoms with Gasteiger partial charge < -0.3 is 10.1 Å². The molecule has 1 N–H and O–H groups in total. The molecule has 0 spiro atoms. The molecule has 3 rings (SSSR count). The third-order valence-electron chi connectivity index (χ3n) is 4.18. The Labute approximate surface area is 131 Å². The second-order valence-electron chi connectivity index (χ2n) is 5.52. The molecule has 1 saturated heterocycles. The van der Waals surface area contributed by atoms with Crippen LogP contribution in [0.15, 0.2) is 36.7 Å².